The third-order valence-corrected chi connectivity index (χ3v) is 1.04. The lowest BCUT2D eigenvalue weighted by Gasteiger charge is -2.02. The first-order valence-electron chi connectivity index (χ1n) is 3.22. The highest BCUT2D eigenvalue weighted by Crippen LogP contribution is 1.82. The molecule has 0 fully saturated rings. The second kappa shape index (κ2) is 5.28. The molecule has 0 radical (unpaired) electrons. The highest BCUT2D eigenvalue weighted by molar-refractivity contribution is 4.88. The molecule has 54 valence electrons. The van der Waals surface area contributed by atoms with Crippen molar-refractivity contribution in [1.82, 2.24) is 5.32 Å². The Labute approximate surface area is 56.1 Å². The Morgan fingerprint density at radius 1 is 1.67 bits per heavy atom. The van der Waals surface area contributed by atoms with Crippen LogP contribution in [-0.4, -0.2) is 6.54 Å². The Hall–Kier alpha value is -0.860. The van der Waals surface area contributed by atoms with Crippen LogP contribution < -0.4 is 16.8 Å². The topological polar surface area (TPSA) is 64.1 Å². The molecule has 0 bridgehead atoms. The van der Waals surface area contributed by atoms with Crippen LogP contribution >= 0.6 is 0 Å². The molecule has 3 nitrogen and oxygen atoms in total. The van der Waals surface area contributed by atoms with Crippen LogP contribution in [0.4, 0.5) is 0 Å². The summed E-state index contributed by atoms with van der Waals surface area (Å²) in [4.78, 5) is 0. The monoisotopic (exact) mass is 129 g/mol. The van der Waals surface area contributed by atoms with Crippen molar-refractivity contribution < 1.29 is 0 Å². The third-order valence-electron chi connectivity index (χ3n) is 1.04. The summed E-state index contributed by atoms with van der Waals surface area (Å²) in [6.45, 7) is 3.04. The van der Waals surface area contributed by atoms with Crippen molar-refractivity contribution in [1.29, 1.82) is 0 Å². The fourth-order valence-electron chi connectivity index (χ4n) is 0.468. The highest BCUT2D eigenvalue weighted by atomic mass is 15.0. The minimum absolute atomic E-state index is 0.559. The van der Waals surface area contributed by atoms with Crippen molar-refractivity contribution in [3.63, 3.8) is 0 Å². The molecule has 3 heteroatoms. The Morgan fingerprint density at radius 3 is 2.78 bits per heavy atom. The van der Waals surface area contributed by atoms with Gasteiger partial charge in [-0.05, 0) is 6.42 Å². The maximum atomic E-state index is 5.34. The van der Waals surface area contributed by atoms with E-state index >= 15 is 0 Å². The first kappa shape index (κ1) is 8.14. The van der Waals surface area contributed by atoms with Crippen LogP contribution in [0.5, 0.6) is 0 Å². The zero-order valence-electron chi connectivity index (χ0n) is 5.85. The standard InChI is InChI=1S/C6H15N3/c1-2-3-4-9-6(8)5-7/h5,9H,2-4,7-8H2,1H3/b6-5+. The van der Waals surface area contributed by atoms with Gasteiger partial charge in [0, 0.05) is 12.7 Å². The van der Waals surface area contributed by atoms with Crippen LogP contribution in [0.15, 0.2) is 12.0 Å². The van der Waals surface area contributed by atoms with Gasteiger partial charge < -0.3 is 16.8 Å². The van der Waals surface area contributed by atoms with E-state index in [0.717, 1.165) is 13.0 Å². The number of hydrogen-bond donors (Lipinski definition) is 3. The molecule has 0 aromatic carbocycles. The van der Waals surface area contributed by atoms with Crippen LogP contribution in [0, 0.1) is 0 Å². The van der Waals surface area contributed by atoms with Crippen molar-refractivity contribution >= 4 is 0 Å². The predicted octanol–water partition coefficient (Wildman–Crippen LogP) is 0.0924. The van der Waals surface area contributed by atoms with E-state index in [1.165, 1.54) is 12.6 Å². The van der Waals surface area contributed by atoms with Gasteiger partial charge in [-0.2, -0.15) is 0 Å². The Balaban J connectivity index is 3.07. The third kappa shape index (κ3) is 5.00. The van der Waals surface area contributed by atoms with Crippen molar-refractivity contribution in [3.8, 4) is 0 Å². The molecule has 0 aliphatic rings. The molecule has 9 heavy (non-hydrogen) atoms. The Bertz CT molecular complexity index is 88.3. The van der Waals surface area contributed by atoms with Crippen LogP contribution in [0.2, 0.25) is 0 Å². The van der Waals surface area contributed by atoms with E-state index in [4.69, 9.17) is 11.5 Å². The van der Waals surface area contributed by atoms with Gasteiger partial charge >= 0.3 is 0 Å². The van der Waals surface area contributed by atoms with E-state index in [2.05, 4.69) is 12.2 Å². The van der Waals surface area contributed by atoms with Gasteiger partial charge in [-0.15, -0.1) is 0 Å². The van der Waals surface area contributed by atoms with E-state index < -0.39 is 0 Å². The summed E-state index contributed by atoms with van der Waals surface area (Å²) in [7, 11) is 0. The van der Waals surface area contributed by atoms with Crippen LogP contribution in [0.1, 0.15) is 19.8 Å². The van der Waals surface area contributed by atoms with Crippen molar-refractivity contribution in [2.45, 2.75) is 19.8 Å². The molecule has 0 spiro atoms. The van der Waals surface area contributed by atoms with Crippen molar-refractivity contribution in [2.24, 2.45) is 11.5 Å². The number of nitrogens with two attached hydrogens (primary N) is 2. The van der Waals surface area contributed by atoms with E-state index in [1.54, 1.807) is 0 Å². The summed E-state index contributed by atoms with van der Waals surface area (Å²) in [5.41, 5.74) is 10.4. The molecule has 0 aromatic rings. The second-order valence-corrected chi connectivity index (χ2v) is 1.90. The lowest BCUT2D eigenvalue weighted by atomic mass is 10.3. The average Bonchev–Trinajstić information content (AvgIpc) is 1.89. The van der Waals surface area contributed by atoms with E-state index in [-0.39, 0.29) is 0 Å². The van der Waals surface area contributed by atoms with Gasteiger partial charge in [-0.25, -0.2) is 0 Å². The quantitative estimate of drug-likeness (QED) is 0.471. The predicted molar refractivity (Wildman–Crippen MR) is 39.4 cm³/mol. The number of nitrogens with one attached hydrogen (secondary N) is 1. The van der Waals surface area contributed by atoms with Gasteiger partial charge in [-0.1, -0.05) is 13.3 Å². The maximum Gasteiger partial charge on any atom is 0.112 e. The summed E-state index contributed by atoms with van der Waals surface area (Å²) in [6.07, 6.45) is 3.68. The summed E-state index contributed by atoms with van der Waals surface area (Å²) < 4.78 is 0. The fraction of sp³-hybridized carbons (Fsp3) is 0.667. The van der Waals surface area contributed by atoms with Gasteiger partial charge in [0.25, 0.3) is 0 Å². The molecule has 0 atom stereocenters. The lowest BCUT2D eigenvalue weighted by molar-refractivity contribution is 0.704. The lowest BCUT2D eigenvalue weighted by Crippen LogP contribution is -2.22. The SMILES string of the molecule is CCCCN/C(N)=C/N. The molecule has 5 N–H and O–H groups in total. The van der Waals surface area contributed by atoms with E-state index in [9.17, 15) is 0 Å². The Morgan fingerprint density at radius 2 is 2.33 bits per heavy atom. The molecule has 0 amide bonds. The smallest absolute Gasteiger partial charge is 0.112 e. The van der Waals surface area contributed by atoms with Crippen LogP contribution in [-0.2, 0) is 0 Å². The molecule has 0 rings (SSSR count). The van der Waals surface area contributed by atoms with Crippen LogP contribution in [0.3, 0.4) is 0 Å². The largest absolute Gasteiger partial charge is 0.402 e. The fourth-order valence-corrected chi connectivity index (χ4v) is 0.468. The van der Waals surface area contributed by atoms with Gasteiger partial charge in [0.1, 0.15) is 5.82 Å². The normalized spacial score (nSPS) is 11.4. The Kier molecular flexibility index (Phi) is 4.78. The average molecular weight is 129 g/mol. The summed E-state index contributed by atoms with van der Waals surface area (Å²) in [5.74, 6) is 0.559. The van der Waals surface area contributed by atoms with E-state index in [1.807, 2.05) is 0 Å². The van der Waals surface area contributed by atoms with Gasteiger partial charge in [0.2, 0.25) is 0 Å². The minimum atomic E-state index is 0.559. The molecule has 0 aliphatic heterocycles. The molecule has 0 aliphatic carbocycles. The number of unbranched alkanes of at least 4 members (excludes halogenated alkanes) is 1. The molecule has 0 heterocycles. The number of rotatable bonds is 4. The first-order valence-corrected chi connectivity index (χ1v) is 3.22. The molecule has 0 saturated carbocycles. The van der Waals surface area contributed by atoms with Crippen LogP contribution in [0.25, 0.3) is 0 Å². The van der Waals surface area contributed by atoms with E-state index in [0.29, 0.717) is 5.82 Å². The summed E-state index contributed by atoms with van der Waals surface area (Å²) in [5, 5.41) is 2.95. The number of hydrogen-bond acceptors (Lipinski definition) is 3. The zero-order valence-corrected chi connectivity index (χ0v) is 5.85. The zero-order chi connectivity index (χ0) is 7.11. The van der Waals surface area contributed by atoms with Crippen molar-refractivity contribution in [2.75, 3.05) is 6.54 Å². The highest BCUT2D eigenvalue weighted by Gasteiger charge is 1.83. The molecule has 0 unspecified atom stereocenters. The molecule has 0 saturated heterocycles. The van der Waals surface area contributed by atoms with Gasteiger partial charge in [-0.3, -0.25) is 0 Å². The molecule has 0 aromatic heterocycles. The van der Waals surface area contributed by atoms with Crippen molar-refractivity contribution in [3.05, 3.63) is 12.0 Å². The van der Waals surface area contributed by atoms with Gasteiger partial charge in [0.05, 0.1) is 0 Å². The minimum Gasteiger partial charge on any atom is -0.402 e. The second-order valence-electron chi connectivity index (χ2n) is 1.90. The molecular formula is C6H15N3. The van der Waals surface area contributed by atoms with Gasteiger partial charge in [0.15, 0.2) is 0 Å². The summed E-state index contributed by atoms with van der Waals surface area (Å²) in [6, 6.07) is 0. The summed E-state index contributed by atoms with van der Waals surface area (Å²) >= 11 is 0. The first-order chi connectivity index (χ1) is 4.31. The maximum absolute atomic E-state index is 5.34. The molecular weight excluding hydrogens is 114 g/mol.